The molecule has 0 spiro atoms. The number of nitrogens with zero attached hydrogens (tertiary/aromatic N) is 1. The Balaban J connectivity index is 1.99. The average molecular weight is 263 g/mol. The predicted octanol–water partition coefficient (Wildman–Crippen LogP) is 3.19. The van der Waals surface area contributed by atoms with Crippen molar-refractivity contribution in [2.75, 3.05) is 11.9 Å². The molecule has 2 N–H and O–H groups in total. The van der Waals surface area contributed by atoms with Crippen LogP contribution in [0, 0.1) is 6.92 Å². The standard InChI is InChI=1S/C14H15ClN2O/c1-10-7-12(15)4-5-13(10)17-9-14(18)11-3-2-6-16-8-11/h2-8,14,17-18H,9H2,1H3. The van der Waals surface area contributed by atoms with Gasteiger partial charge in [-0.25, -0.2) is 0 Å². The fraction of sp³-hybridized carbons (Fsp3) is 0.214. The summed E-state index contributed by atoms with van der Waals surface area (Å²) < 4.78 is 0. The SMILES string of the molecule is Cc1cc(Cl)ccc1NCC(O)c1cccnc1. The molecule has 1 aromatic carbocycles. The lowest BCUT2D eigenvalue weighted by Gasteiger charge is -2.14. The first kappa shape index (κ1) is 12.9. The van der Waals surface area contributed by atoms with E-state index in [1.165, 1.54) is 0 Å². The number of benzene rings is 1. The number of hydrogen-bond donors (Lipinski definition) is 2. The first-order valence-electron chi connectivity index (χ1n) is 5.75. The van der Waals surface area contributed by atoms with E-state index in [9.17, 15) is 5.11 Å². The van der Waals surface area contributed by atoms with E-state index < -0.39 is 6.10 Å². The Morgan fingerprint density at radius 2 is 2.22 bits per heavy atom. The molecule has 4 heteroatoms. The van der Waals surface area contributed by atoms with Crippen LogP contribution in [0.25, 0.3) is 0 Å². The highest BCUT2D eigenvalue weighted by Crippen LogP contribution is 2.20. The third kappa shape index (κ3) is 3.22. The van der Waals surface area contributed by atoms with Crippen LogP contribution in [0.3, 0.4) is 0 Å². The van der Waals surface area contributed by atoms with Gasteiger partial charge in [-0.05, 0) is 36.8 Å². The summed E-state index contributed by atoms with van der Waals surface area (Å²) in [4.78, 5) is 3.98. The minimum atomic E-state index is -0.575. The van der Waals surface area contributed by atoms with Gasteiger partial charge in [0.25, 0.3) is 0 Å². The van der Waals surface area contributed by atoms with Gasteiger partial charge in [-0.1, -0.05) is 17.7 Å². The number of halogens is 1. The summed E-state index contributed by atoms with van der Waals surface area (Å²) in [7, 11) is 0. The van der Waals surface area contributed by atoms with E-state index in [4.69, 9.17) is 11.6 Å². The van der Waals surface area contributed by atoms with Crippen LogP contribution >= 0.6 is 11.6 Å². The Kier molecular flexibility index (Phi) is 4.18. The molecule has 94 valence electrons. The predicted molar refractivity (Wildman–Crippen MR) is 73.9 cm³/mol. The van der Waals surface area contributed by atoms with Crippen LogP contribution in [-0.4, -0.2) is 16.6 Å². The number of pyridine rings is 1. The zero-order chi connectivity index (χ0) is 13.0. The van der Waals surface area contributed by atoms with Crippen molar-refractivity contribution in [3.63, 3.8) is 0 Å². The second-order valence-electron chi connectivity index (χ2n) is 4.14. The van der Waals surface area contributed by atoms with Crippen LogP contribution in [0.4, 0.5) is 5.69 Å². The molecule has 0 saturated carbocycles. The third-order valence-electron chi connectivity index (χ3n) is 2.74. The molecule has 0 fully saturated rings. The largest absolute Gasteiger partial charge is 0.387 e. The zero-order valence-electron chi connectivity index (χ0n) is 10.1. The number of hydrogen-bond acceptors (Lipinski definition) is 3. The molecular formula is C14H15ClN2O. The van der Waals surface area contributed by atoms with E-state index in [-0.39, 0.29) is 0 Å². The Morgan fingerprint density at radius 1 is 1.39 bits per heavy atom. The van der Waals surface area contributed by atoms with Crippen LogP contribution in [-0.2, 0) is 0 Å². The molecule has 2 rings (SSSR count). The number of aliphatic hydroxyl groups excluding tert-OH is 1. The summed E-state index contributed by atoms with van der Waals surface area (Å²) in [5.74, 6) is 0. The van der Waals surface area contributed by atoms with Crippen molar-refractivity contribution < 1.29 is 5.11 Å². The smallest absolute Gasteiger partial charge is 0.0977 e. The van der Waals surface area contributed by atoms with Gasteiger partial charge in [0.15, 0.2) is 0 Å². The van der Waals surface area contributed by atoms with E-state index in [1.807, 2.05) is 37.3 Å². The normalized spacial score (nSPS) is 12.2. The van der Waals surface area contributed by atoms with Crippen molar-refractivity contribution in [3.8, 4) is 0 Å². The van der Waals surface area contributed by atoms with Crippen LogP contribution in [0.15, 0.2) is 42.7 Å². The van der Waals surface area contributed by atoms with Gasteiger partial charge in [-0.15, -0.1) is 0 Å². The maximum Gasteiger partial charge on any atom is 0.0977 e. The summed E-state index contributed by atoms with van der Waals surface area (Å²) >= 11 is 5.89. The Labute approximate surface area is 111 Å². The van der Waals surface area contributed by atoms with Gasteiger partial charge >= 0.3 is 0 Å². The first-order chi connectivity index (χ1) is 8.66. The minimum absolute atomic E-state index is 0.439. The molecule has 3 nitrogen and oxygen atoms in total. The van der Waals surface area contributed by atoms with Gasteiger partial charge in [-0.3, -0.25) is 4.98 Å². The molecule has 1 aromatic heterocycles. The molecule has 1 unspecified atom stereocenters. The summed E-state index contributed by atoms with van der Waals surface area (Å²) in [5, 5.41) is 13.9. The molecule has 1 heterocycles. The molecule has 0 bridgehead atoms. The number of aliphatic hydroxyl groups is 1. The van der Waals surface area contributed by atoms with E-state index >= 15 is 0 Å². The van der Waals surface area contributed by atoms with Gasteiger partial charge in [0.1, 0.15) is 0 Å². The number of aryl methyl sites for hydroxylation is 1. The summed E-state index contributed by atoms with van der Waals surface area (Å²) in [6.07, 6.45) is 2.78. The van der Waals surface area contributed by atoms with Crippen molar-refractivity contribution in [3.05, 3.63) is 58.9 Å². The second kappa shape index (κ2) is 5.85. The van der Waals surface area contributed by atoms with Crippen LogP contribution < -0.4 is 5.32 Å². The number of nitrogens with one attached hydrogen (secondary N) is 1. The molecular weight excluding hydrogens is 248 g/mol. The number of aromatic nitrogens is 1. The molecule has 2 aromatic rings. The van der Waals surface area contributed by atoms with Gasteiger partial charge in [0, 0.05) is 35.2 Å². The van der Waals surface area contributed by atoms with Crippen molar-refractivity contribution in [2.24, 2.45) is 0 Å². The topological polar surface area (TPSA) is 45.1 Å². The third-order valence-corrected chi connectivity index (χ3v) is 2.98. The quantitative estimate of drug-likeness (QED) is 0.890. The highest BCUT2D eigenvalue weighted by molar-refractivity contribution is 6.30. The summed E-state index contributed by atoms with van der Waals surface area (Å²) in [6, 6.07) is 9.29. The summed E-state index contributed by atoms with van der Waals surface area (Å²) in [6.45, 7) is 2.42. The molecule has 18 heavy (non-hydrogen) atoms. The molecule has 0 aliphatic carbocycles. The molecule has 1 atom stereocenters. The van der Waals surface area contributed by atoms with Crippen LogP contribution in [0.5, 0.6) is 0 Å². The Hall–Kier alpha value is -1.58. The lowest BCUT2D eigenvalue weighted by atomic mass is 10.1. The van der Waals surface area contributed by atoms with Crippen molar-refractivity contribution in [1.82, 2.24) is 4.98 Å². The van der Waals surface area contributed by atoms with Crippen LogP contribution in [0.2, 0.25) is 5.02 Å². The Morgan fingerprint density at radius 3 is 2.89 bits per heavy atom. The highest BCUT2D eigenvalue weighted by Gasteiger charge is 2.07. The number of anilines is 1. The molecule has 0 saturated heterocycles. The maximum absolute atomic E-state index is 10.00. The van der Waals surface area contributed by atoms with E-state index in [1.54, 1.807) is 12.4 Å². The first-order valence-corrected chi connectivity index (χ1v) is 6.12. The lowest BCUT2D eigenvalue weighted by molar-refractivity contribution is 0.191. The lowest BCUT2D eigenvalue weighted by Crippen LogP contribution is -2.12. The van der Waals surface area contributed by atoms with Crippen LogP contribution in [0.1, 0.15) is 17.2 Å². The molecule has 0 aliphatic heterocycles. The fourth-order valence-electron chi connectivity index (χ4n) is 1.72. The van der Waals surface area contributed by atoms with Crippen molar-refractivity contribution >= 4 is 17.3 Å². The molecule has 0 radical (unpaired) electrons. The van der Waals surface area contributed by atoms with E-state index in [0.717, 1.165) is 16.8 Å². The van der Waals surface area contributed by atoms with E-state index in [2.05, 4.69) is 10.3 Å². The average Bonchev–Trinajstić information content (AvgIpc) is 2.38. The Bertz CT molecular complexity index is 516. The van der Waals surface area contributed by atoms with Crippen molar-refractivity contribution in [1.29, 1.82) is 0 Å². The molecule has 0 amide bonds. The fourth-order valence-corrected chi connectivity index (χ4v) is 1.95. The second-order valence-corrected chi connectivity index (χ2v) is 4.58. The minimum Gasteiger partial charge on any atom is -0.387 e. The summed E-state index contributed by atoms with van der Waals surface area (Å²) in [5.41, 5.74) is 2.83. The zero-order valence-corrected chi connectivity index (χ0v) is 10.9. The highest BCUT2D eigenvalue weighted by atomic mass is 35.5. The van der Waals surface area contributed by atoms with Gasteiger partial charge in [0.2, 0.25) is 0 Å². The monoisotopic (exact) mass is 262 g/mol. The maximum atomic E-state index is 10.00. The van der Waals surface area contributed by atoms with E-state index in [0.29, 0.717) is 11.6 Å². The van der Waals surface area contributed by atoms with Gasteiger partial charge < -0.3 is 10.4 Å². The number of rotatable bonds is 4. The van der Waals surface area contributed by atoms with Gasteiger partial charge in [0.05, 0.1) is 6.10 Å². The van der Waals surface area contributed by atoms with Gasteiger partial charge in [-0.2, -0.15) is 0 Å². The van der Waals surface area contributed by atoms with Crippen molar-refractivity contribution in [2.45, 2.75) is 13.0 Å². The molecule has 0 aliphatic rings.